The van der Waals surface area contributed by atoms with Crippen molar-refractivity contribution in [2.24, 2.45) is 0 Å². The number of rotatable bonds is 17. The van der Waals surface area contributed by atoms with Crippen molar-refractivity contribution in [3.05, 3.63) is 6.92 Å². The van der Waals surface area contributed by atoms with Gasteiger partial charge >= 0.3 is 37.7 Å². The minimum absolute atomic E-state index is 0. The van der Waals surface area contributed by atoms with Gasteiger partial charge < -0.3 is 12.2 Å². The van der Waals surface area contributed by atoms with Gasteiger partial charge in [0, 0.05) is 0 Å². The summed E-state index contributed by atoms with van der Waals surface area (Å²) in [5.74, 6) is 0. The van der Waals surface area contributed by atoms with Crippen LogP contribution in [-0.2, 0) is 0 Å². The van der Waals surface area contributed by atoms with Gasteiger partial charge in [0.2, 0.25) is 0 Å². The first-order chi connectivity index (χ1) is 11.3. The van der Waals surface area contributed by atoms with Crippen LogP contribution in [0.1, 0.15) is 124 Å². The van der Waals surface area contributed by atoms with Crippen molar-refractivity contribution < 1.29 is 0 Å². The van der Waals surface area contributed by atoms with E-state index >= 15 is 0 Å². The number of hydrogen-bond acceptors (Lipinski definition) is 1. The van der Waals surface area contributed by atoms with Crippen LogP contribution in [0.2, 0.25) is 0 Å². The van der Waals surface area contributed by atoms with Gasteiger partial charge in [0.1, 0.15) is 0 Å². The van der Waals surface area contributed by atoms with Gasteiger partial charge in [0.05, 0.1) is 0 Å². The van der Waals surface area contributed by atoms with Crippen LogP contribution in [0.3, 0.4) is 0 Å². The molecule has 0 atom stereocenters. The summed E-state index contributed by atoms with van der Waals surface area (Å²) in [6.07, 6.45) is 22.8. The molecule has 0 aliphatic rings. The van der Waals surface area contributed by atoms with Gasteiger partial charge in [-0.1, -0.05) is 117 Å². The number of hydrogen-bond donors (Lipinski definition) is 1. The summed E-state index contributed by atoms with van der Waals surface area (Å²) in [7, 11) is 0. The van der Waals surface area contributed by atoms with E-state index in [1.165, 1.54) is 96.3 Å². The fourth-order valence-electron chi connectivity index (χ4n) is 2.80. The monoisotopic (exact) mass is 366 g/mol. The minimum atomic E-state index is 0. The summed E-state index contributed by atoms with van der Waals surface area (Å²) in [4.78, 5) is 0. The molecule has 0 aromatic heterocycles. The summed E-state index contributed by atoms with van der Waals surface area (Å²) in [6, 6.07) is 0. The molecule has 142 valence electrons. The van der Waals surface area contributed by atoms with Crippen LogP contribution >= 0.6 is 0 Å². The Hall–Kier alpha value is 1.22. The van der Waals surface area contributed by atoms with Gasteiger partial charge in [-0.3, -0.25) is 0 Å². The molecule has 0 amide bonds. The second kappa shape index (κ2) is 31.9. The average Bonchev–Trinajstić information content (AvgIpc) is 2.56. The standard InChI is InChI=1S/C18H37.C4H11N.Ca/c1-3-5-7-9-11-13-15-17-18-16-14-12-10-8-6-4-2;1-3-5-4-2;/h1,3-18H2,2H3;5H,3-4H2,1-2H3;/q-1;;+2. The van der Waals surface area contributed by atoms with Crippen molar-refractivity contribution in [2.45, 2.75) is 124 Å². The molecule has 0 aliphatic carbocycles. The molecular weight excluding hydrogens is 318 g/mol. The fraction of sp³-hybridized carbons (Fsp3) is 0.955. The third-order valence-electron chi connectivity index (χ3n) is 4.35. The molecule has 0 heterocycles. The maximum atomic E-state index is 3.88. The largest absolute Gasteiger partial charge is 2.00 e. The summed E-state index contributed by atoms with van der Waals surface area (Å²) in [5.41, 5.74) is 0. The molecule has 0 spiro atoms. The second-order valence-electron chi connectivity index (χ2n) is 6.76. The van der Waals surface area contributed by atoms with Gasteiger partial charge in [-0.05, 0) is 13.1 Å². The molecule has 0 fully saturated rings. The van der Waals surface area contributed by atoms with Crippen molar-refractivity contribution in [3.8, 4) is 0 Å². The van der Waals surface area contributed by atoms with Crippen molar-refractivity contribution in [2.75, 3.05) is 13.1 Å². The molecule has 2 heteroatoms. The molecule has 0 saturated heterocycles. The van der Waals surface area contributed by atoms with Gasteiger partial charge in [-0.25, -0.2) is 0 Å². The van der Waals surface area contributed by atoms with E-state index in [-0.39, 0.29) is 37.7 Å². The minimum Gasteiger partial charge on any atom is -0.343 e. The number of nitrogens with one attached hydrogen (secondary N) is 1. The molecule has 0 radical (unpaired) electrons. The summed E-state index contributed by atoms with van der Waals surface area (Å²) >= 11 is 0. The third kappa shape index (κ3) is 34.5. The van der Waals surface area contributed by atoms with Gasteiger partial charge in [0.15, 0.2) is 0 Å². The maximum Gasteiger partial charge on any atom is 2.00 e. The van der Waals surface area contributed by atoms with Crippen LogP contribution in [0.15, 0.2) is 0 Å². The molecule has 0 bridgehead atoms. The van der Waals surface area contributed by atoms with E-state index in [1.807, 2.05) is 0 Å². The average molecular weight is 367 g/mol. The summed E-state index contributed by atoms with van der Waals surface area (Å²) < 4.78 is 0. The quantitative estimate of drug-likeness (QED) is 0.161. The van der Waals surface area contributed by atoms with Crippen LogP contribution < -0.4 is 5.32 Å². The van der Waals surface area contributed by atoms with E-state index in [0.717, 1.165) is 19.5 Å². The van der Waals surface area contributed by atoms with Gasteiger partial charge in [0.25, 0.3) is 0 Å². The van der Waals surface area contributed by atoms with E-state index in [9.17, 15) is 0 Å². The molecule has 0 aromatic rings. The Labute approximate surface area is 185 Å². The van der Waals surface area contributed by atoms with E-state index in [0.29, 0.717) is 0 Å². The molecular formula is C22H48CaN+. The van der Waals surface area contributed by atoms with Crippen LogP contribution in [-0.4, -0.2) is 50.8 Å². The Balaban J connectivity index is -0.000000639. The van der Waals surface area contributed by atoms with E-state index in [4.69, 9.17) is 0 Å². The Morgan fingerprint density at radius 1 is 0.500 bits per heavy atom. The first-order valence-corrected chi connectivity index (χ1v) is 10.8. The first-order valence-electron chi connectivity index (χ1n) is 10.8. The van der Waals surface area contributed by atoms with E-state index in [2.05, 4.69) is 33.0 Å². The van der Waals surface area contributed by atoms with Crippen LogP contribution in [0, 0.1) is 6.92 Å². The topological polar surface area (TPSA) is 12.0 Å². The third-order valence-corrected chi connectivity index (χ3v) is 4.35. The SMILES string of the molecule is CCNCC.[CH2-]CCCCCCCCCCCCCCCCC.[Ca+2]. The first kappa shape index (κ1) is 30.0. The Morgan fingerprint density at radius 3 is 1.00 bits per heavy atom. The normalized spacial score (nSPS) is 10.0. The summed E-state index contributed by atoms with van der Waals surface area (Å²) in [6.45, 7) is 12.6. The zero-order valence-electron chi connectivity index (χ0n) is 17.6. The van der Waals surface area contributed by atoms with E-state index in [1.54, 1.807) is 0 Å². The predicted molar refractivity (Wildman–Crippen MR) is 115 cm³/mol. The zero-order chi connectivity index (χ0) is 17.4. The predicted octanol–water partition coefficient (Wildman–Crippen LogP) is 7.32. The van der Waals surface area contributed by atoms with Crippen molar-refractivity contribution in [1.82, 2.24) is 5.32 Å². The molecule has 0 saturated carbocycles. The molecule has 1 N–H and O–H groups in total. The number of unbranched alkanes of at least 4 members (excludes halogenated alkanes) is 15. The van der Waals surface area contributed by atoms with Crippen molar-refractivity contribution >= 4 is 37.7 Å². The fourth-order valence-corrected chi connectivity index (χ4v) is 2.80. The molecule has 24 heavy (non-hydrogen) atoms. The Morgan fingerprint density at radius 2 is 0.792 bits per heavy atom. The van der Waals surface area contributed by atoms with Crippen LogP contribution in [0.25, 0.3) is 0 Å². The van der Waals surface area contributed by atoms with Gasteiger partial charge in [-0.15, -0.1) is 0 Å². The van der Waals surface area contributed by atoms with Gasteiger partial charge in [-0.2, -0.15) is 6.42 Å². The van der Waals surface area contributed by atoms with Crippen molar-refractivity contribution in [1.29, 1.82) is 0 Å². The van der Waals surface area contributed by atoms with Crippen LogP contribution in [0.5, 0.6) is 0 Å². The Bertz CT molecular complexity index is 155. The smallest absolute Gasteiger partial charge is 0.343 e. The van der Waals surface area contributed by atoms with E-state index < -0.39 is 0 Å². The Kier molecular flexibility index (Phi) is 39.9. The molecule has 0 rings (SSSR count). The van der Waals surface area contributed by atoms with Crippen LogP contribution in [0.4, 0.5) is 0 Å². The summed E-state index contributed by atoms with van der Waals surface area (Å²) in [5, 5.41) is 3.11. The second-order valence-corrected chi connectivity index (χ2v) is 6.76. The molecule has 0 aliphatic heterocycles. The molecule has 0 aromatic carbocycles. The molecule has 1 nitrogen and oxygen atoms in total. The van der Waals surface area contributed by atoms with Crippen molar-refractivity contribution in [3.63, 3.8) is 0 Å². The maximum absolute atomic E-state index is 3.88. The molecule has 0 unspecified atom stereocenters. The zero-order valence-corrected chi connectivity index (χ0v) is 19.9.